The summed E-state index contributed by atoms with van der Waals surface area (Å²) < 4.78 is 5.19. The summed E-state index contributed by atoms with van der Waals surface area (Å²) in [7, 11) is 5.64. The normalized spacial score (nSPS) is 30.0. The molecule has 11 heavy (non-hydrogen) atoms. The van der Waals surface area contributed by atoms with Gasteiger partial charge in [0, 0.05) is 26.2 Å². The van der Waals surface area contributed by atoms with Crippen LogP contribution >= 0.6 is 0 Å². The van der Waals surface area contributed by atoms with E-state index in [0.717, 1.165) is 32.2 Å². The minimum absolute atomic E-state index is 0.494. The monoisotopic (exact) mass is 155 g/mol. The van der Waals surface area contributed by atoms with Gasteiger partial charge in [0.25, 0.3) is 0 Å². The lowest BCUT2D eigenvalue weighted by atomic mass is 10.0. The maximum atomic E-state index is 5.19. The Hall–Kier alpha value is -0.120. The Morgan fingerprint density at radius 1 is 1.27 bits per heavy atom. The van der Waals surface area contributed by atoms with E-state index >= 15 is 0 Å². The molecular weight excluding hydrogens is 140 g/mol. The first kappa shape index (κ1) is 7.53. The molecule has 0 bridgehead atoms. The standard InChI is InChI=1S/C8H15N2O/c1-9-3-7(4-9)10-5-8(6-10)11-2/h7-8H,1,3-6H2,2H3/q-1. The summed E-state index contributed by atoms with van der Waals surface area (Å²) in [6.07, 6.45) is 0.494. The summed E-state index contributed by atoms with van der Waals surface area (Å²) in [5.74, 6) is 0. The van der Waals surface area contributed by atoms with E-state index < -0.39 is 0 Å². The first-order valence-electron chi connectivity index (χ1n) is 4.12. The summed E-state index contributed by atoms with van der Waals surface area (Å²) in [4.78, 5) is 4.57. The Morgan fingerprint density at radius 3 is 2.36 bits per heavy atom. The molecule has 0 amide bonds. The molecule has 0 N–H and O–H groups in total. The summed E-state index contributed by atoms with van der Waals surface area (Å²) in [6, 6.07) is 0.763. The van der Waals surface area contributed by atoms with Gasteiger partial charge in [-0.25, -0.2) is 0 Å². The van der Waals surface area contributed by atoms with Gasteiger partial charge < -0.3 is 9.64 Å². The largest absolute Gasteiger partial charge is 0.457 e. The van der Waals surface area contributed by atoms with Crippen LogP contribution in [-0.4, -0.2) is 55.2 Å². The number of hydrogen-bond donors (Lipinski definition) is 0. The number of rotatable bonds is 2. The van der Waals surface area contributed by atoms with Crippen molar-refractivity contribution in [2.75, 3.05) is 33.3 Å². The van der Waals surface area contributed by atoms with E-state index in [2.05, 4.69) is 16.8 Å². The molecule has 0 radical (unpaired) electrons. The van der Waals surface area contributed by atoms with Crippen LogP contribution in [-0.2, 0) is 4.74 Å². The first-order chi connectivity index (χ1) is 5.29. The van der Waals surface area contributed by atoms with Gasteiger partial charge in [-0.05, 0) is 13.1 Å². The van der Waals surface area contributed by atoms with E-state index in [9.17, 15) is 0 Å². The van der Waals surface area contributed by atoms with Gasteiger partial charge in [0.1, 0.15) is 0 Å². The lowest BCUT2D eigenvalue weighted by molar-refractivity contribution is -0.0786. The summed E-state index contributed by atoms with van der Waals surface area (Å²) in [5, 5.41) is 0. The third kappa shape index (κ3) is 1.28. The molecule has 0 aromatic heterocycles. The number of likely N-dealkylation sites (tertiary alicyclic amines) is 2. The molecule has 2 rings (SSSR count). The highest BCUT2D eigenvalue weighted by Gasteiger charge is 2.35. The number of nitrogens with zero attached hydrogens (tertiary/aromatic N) is 2. The van der Waals surface area contributed by atoms with E-state index in [1.165, 1.54) is 0 Å². The van der Waals surface area contributed by atoms with Crippen molar-refractivity contribution in [2.24, 2.45) is 0 Å². The summed E-state index contributed by atoms with van der Waals surface area (Å²) in [6.45, 7) is 4.51. The van der Waals surface area contributed by atoms with Gasteiger partial charge in [-0.3, -0.25) is 11.9 Å². The van der Waals surface area contributed by atoms with Crippen LogP contribution in [0.1, 0.15) is 0 Å². The van der Waals surface area contributed by atoms with Gasteiger partial charge in [0.2, 0.25) is 0 Å². The maximum Gasteiger partial charge on any atom is 0.0825 e. The van der Waals surface area contributed by atoms with Crippen LogP contribution < -0.4 is 0 Å². The maximum absolute atomic E-state index is 5.19. The summed E-state index contributed by atoms with van der Waals surface area (Å²) in [5.41, 5.74) is 0. The highest BCUT2D eigenvalue weighted by atomic mass is 16.5. The molecule has 2 heterocycles. The fraction of sp³-hybridized carbons (Fsp3) is 0.875. The van der Waals surface area contributed by atoms with Crippen molar-refractivity contribution in [1.29, 1.82) is 0 Å². The third-order valence-corrected chi connectivity index (χ3v) is 2.66. The highest BCUT2D eigenvalue weighted by Crippen LogP contribution is 2.20. The van der Waals surface area contributed by atoms with Crippen LogP contribution in [0, 0.1) is 7.05 Å². The number of methoxy groups -OCH3 is 1. The zero-order valence-corrected chi connectivity index (χ0v) is 6.99. The molecule has 2 saturated heterocycles. The molecule has 0 aliphatic carbocycles. The Balaban J connectivity index is 1.67. The molecule has 0 aromatic rings. The minimum atomic E-state index is 0.494. The minimum Gasteiger partial charge on any atom is -0.457 e. The van der Waals surface area contributed by atoms with Crippen molar-refractivity contribution in [1.82, 2.24) is 9.80 Å². The quantitative estimate of drug-likeness (QED) is 0.513. The lowest BCUT2D eigenvalue weighted by Gasteiger charge is -2.53. The average molecular weight is 155 g/mol. The Labute approximate surface area is 67.9 Å². The van der Waals surface area contributed by atoms with Gasteiger partial charge >= 0.3 is 0 Å². The van der Waals surface area contributed by atoms with Crippen molar-refractivity contribution in [2.45, 2.75) is 12.1 Å². The van der Waals surface area contributed by atoms with Gasteiger partial charge in [-0.15, -0.1) is 0 Å². The van der Waals surface area contributed by atoms with Crippen LogP contribution in [0.15, 0.2) is 0 Å². The Bertz CT molecular complexity index is 139. The molecule has 0 spiro atoms. The molecular formula is C8H15N2O-. The fourth-order valence-electron chi connectivity index (χ4n) is 1.69. The van der Waals surface area contributed by atoms with Gasteiger partial charge in [0.05, 0.1) is 6.10 Å². The van der Waals surface area contributed by atoms with Crippen molar-refractivity contribution in [3.05, 3.63) is 7.05 Å². The lowest BCUT2D eigenvalue weighted by Crippen LogP contribution is -2.65. The number of ether oxygens (including phenoxy) is 1. The van der Waals surface area contributed by atoms with Crippen LogP contribution in [0.4, 0.5) is 0 Å². The summed E-state index contributed by atoms with van der Waals surface area (Å²) >= 11 is 0. The second kappa shape index (κ2) is 2.73. The highest BCUT2D eigenvalue weighted by molar-refractivity contribution is 4.94. The van der Waals surface area contributed by atoms with Crippen molar-refractivity contribution in [3.8, 4) is 0 Å². The van der Waals surface area contributed by atoms with E-state index in [1.807, 2.05) is 0 Å². The number of hydrogen-bond acceptors (Lipinski definition) is 3. The predicted octanol–water partition coefficient (Wildman–Crippen LogP) is -0.207. The van der Waals surface area contributed by atoms with Crippen molar-refractivity contribution < 1.29 is 4.74 Å². The SMILES string of the molecule is [CH2-]N1CC(N2CC(OC)C2)C1. The second-order valence-corrected chi connectivity index (χ2v) is 3.50. The molecule has 0 unspecified atom stereocenters. The van der Waals surface area contributed by atoms with E-state index in [4.69, 9.17) is 4.74 Å². The van der Waals surface area contributed by atoms with Gasteiger partial charge in [-0.1, -0.05) is 0 Å². The van der Waals surface area contributed by atoms with Crippen LogP contribution in [0.3, 0.4) is 0 Å². The molecule has 3 nitrogen and oxygen atoms in total. The fourth-order valence-corrected chi connectivity index (χ4v) is 1.69. The van der Waals surface area contributed by atoms with Crippen molar-refractivity contribution in [3.63, 3.8) is 0 Å². The molecule has 2 fully saturated rings. The second-order valence-electron chi connectivity index (χ2n) is 3.50. The Kier molecular flexibility index (Phi) is 1.87. The Morgan fingerprint density at radius 2 is 1.91 bits per heavy atom. The molecule has 64 valence electrons. The molecule has 2 aliphatic heterocycles. The van der Waals surface area contributed by atoms with Crippen LogP contribution in [0.5, 0.6) is 0 Å². The van der Waals surface area contributed by atoms with E-state index in [1.54, 1.807) is 7.11 Å². The molecule has 3 heteroatoms. The smallest absolute Gasteiger partial charge is 0.0825 e. The zero-order valence-electron chi connectivity index (χ0n) is 6.99. The molecule has 0 saturated carbocycles. The first-order valence-corrected chi connectivity index (χ1v) is 4.12. The molecule has 0 atom stereocenters. The van der Waals surface area contributed by atoms with Crippen LogP contribution in [0.2, 0.25) is 0 Å². The molecule has 2 aliphatic rings. The average Bonchev–Trinajstić information content (AvgIpc) is 1.81. The van der Waals surface area contributed by atoms with E-state index in [-0.39, 0.29) is 0 Å². The predicted molar refractivity (Wildman–Crippen MR) is 43.1 cm³/mol. The topological polar surface area (TPSA) is 15.7 Å². The van der Waals surface area contributed by atoms with Gasteiger partial charge in [-0.2, -0.15) is 0 Å². The van der Waals surface area contributed by atoms with Crippen molar-refractivity contribution >= 4 is 0 Å². The van der Waals surface area contributed by atoms with Gasteiger partial charge in [0.15, 0.2) is 0 Å². The molecule has 0 aromatic carbocycles. The third-order valence-electron chi connectivity index (χ3n) is 2.66. The van der Waals surface area contributed by atoms with Crippen LogP contribution in [0.25, 0.3) is 0 Å². The van der Waals surface area contributed by atoms with E-state index in [0.29, 0.717) is 6.10 Å². The zero-order chi connectivity index (χ0) is 7.84.